The molecule has 1 heterocycles. The number of hydrogen-bond acceptors (Lipinski definition) is 1. The van der Waals surface area contributed by atoms with Crippen molar-refractivity contribution in [2.24, 2.45) is 0 Å². The van der Waals surface area contributed by atoms with Crippen LogP contribution < -0.4 is 0 Å². The van der Waals surface area contributed by atoms with Crippen LogP contribution in [-0.4, -0.2) is 4.98 Å². The molecule has 2 heteroatoms. The lowest BCUT2D eigenvalue weighted by Crippen LogP contribution is -1.95. The van der Waals surface area contributed by atoms with Gasteiger partial charge < -0.3 is 0 Å². The highest BCUT2D eigenvalue weighted by Gasteiger charge is 2.07. The fourth-order valence-corrected chi connectivity index (χ4v) is 2.66. The van der Waals surface area contributed by atoms with E-state index in [0.717, 1.165) is 30.5 Å². The van der Waals surface area contributed by atoms with E-state index in [9.17, 15) is 4.39 Å². The number of pyridine rings is 1. The Bertz CT molecular complexity index is 737. The average Bonchev–Trinajstić information content (AvgIpc) is 2.56. The number of rotatable bonds is 5. The van der Waals surface area contributed by atoms with Gasteiger partial charge in [-0.25, -0.2) is 4.39 Å². The third-order valence-corrected chi connectivity index (χ3v) is 3.74. The van der Waals surface area contributed by atoms with Crippen LogP contribution in [0.1, 0.15) is 17.5 Å². The maximum Gasteiger partial charge on any atom is 0.123 e. The van der Waals surface area contributed by atoms with Crippen LogP contribution in [0.15, 0.2) is 72.9 Å². The number of nitrogens with zero attached hydrogens (tertiary/aromatic N) is 1. The molecule has 0 saturated heterocycles. The summed E-state index contributed by atoms with van der Waals surface area (Å²) in [4.78, 5) is 4.45. The number of halogens is 1. The van der Waals surface area contributed by atoms with Crippen molar-refractivity contribution in [1.29, 1.82) is 0 Å². The van der Waals surface area contributed by atoms with Crippen molar-refractivity contribution in [1.82, 2.24) is 4.98 Å². The Morgan fingerprint density at radius 1 is 0.818 bits per heavy atom. The van der Waals surface area contributed by atoms with Gasteiger partial charge in [-0.3, -0.25) is 4.98 Å². The van der Waals surface area contributed by atoms with Gasteiger partial charge in [-0.15, -0.1) is 0 Å². The highest BCUT2D eigenvalue weighted by Crippen LogP contribution is 2.23. The molecule has 0 aliphatic carbocycles. The van der Waals surface area contributed by atoms with E-state index < -0.39 is 0 Å². The summed E-state index contributed by atoms with van der Waals surface area (Å²) in [5.41, 5.74) is 4.24. The maximum atomic E-state index is 13.4. The molecule has 0 unspecified atom stereocenters. The molecule has 1 aromatic heterocycles. The van der Waals surface area contributed by atoms with Crippen molar-refractivity contribution in [3.8, 4) is 11.3 Å². The smallest absolute Gasteiger partial charge is 0.123 e. The average molecular weight is 291 g/mol. The lowest BCUT2D eigenvalue weighted by atomic mass is 9.99. The summed E-state index contributed by atoms with van der Waals surface area (Å²) in [6.45, 7) is 0. The minimum atomic E-state index is -0.224. The molecule has 1 nitrogen and oxygen atoms in total. The van der Waals surface area contributed by atoms with Crippen molar-refractivity contribution >= 4 is 0 Å². The monoisotopic (exact) mass is 291 g/mol. The summed E-state index contributed by atoms with van der Waals surface area (Å²) in [6.07, 6.45) is 4.80. The van der Waals surface area contributed by atoms with E-state index in [-0.39, 0.29) is 5.82 Å². The predicted molar refractivity (Wildman–Crippen MR) is 88.1 cm³/mol. The molecule has 22 heavy (non-hydrogen) atoms. The molecule has 0 N–H and O–H groups in total. The molecule has 0 aliphatic rings. The molecule has 0 aliphatic heterocycles. The molecule has 0 fully saturated rings. The fourth-order valence-electron chi connectivity index (χ4n) is 2.66. The molecule has 110 valence electrons. The topological polar surface area (TPSA) is 12.9 Å². The number of benzene rings is 2. The van der Waals surface area contributed by atoms with E-state index in [4.69, 9.17) is 0 Å². The second kappa shape index (κ2) is 6.99. The lowest BCUT2D eigenvalue weighted by molar-refractivity contribution is 0.628. The first-order valence-corrected chi connectivity index (χ1v) is 7.57. The minimum Gasteiger partial charge on any atom is -0.256 e. The quantitative estimate of drug-likeness (QED) is 0.640. The van der Waals surface area contributed by atoms with E-state index in [1.165, 1.54) is 17.2 Å². The normalized spacial score (nSPS) is 10.6. The largest absolute Gasteiger partial charge is 0.256 e. The van der Waals surface area contributed by atoms with Crippen molar-refractivity contribution < 1.29 is 4.39 Å². The van der Waals surface area contributed by atoms with Gasteiger partial charge in [-0.05, 0) is 48.6 Å². The van der Waals surface area contributed by atoms with Crippen LogP contribution in [-0.2, 0) is 12.8 Å². The Kier molecular flexibility index (Phi) is 4.59. The Hall–Kier alpha value is -2.48. The molecular weight excluding hydrogens is 273 g/mol. The Morgan fingerprint density at radius 2 is 1.68 bits per heavy atom. The zero-order valence-corrected chi connectivity index (χ0v) is 12.4. The number of aryl methyl sites for hydroxylation is 2. The van der Waals surface area contributed by atoms with Crippen LogP contribution in [0.4, 0.5) is 4.39 Å². The molecule has 2 aromatic carbocycles. The van der Waals surface area contributed by atoms with Gasteiger partial charge in [-0.1, -0.05) is 48.5 Å². The van der Waals surface area contributed by atoms with E-state index in [1.807, 2.05) is 18.2 Å². The second-order valence-corrected chi connectivity index (χ2v) is 5.36. The van der Waals surface area contributed by atoms with Gasteiger partial charge in [-0.2, -0.15) is 0 Å². The van der Waals surface area contributed by atoms with Crippen LogP contribution in [0.2, 0.25) is 0 Å². The standard InChI is InChI=1S/C20H18FN/c21-19-13-5-11-18(15-19)20-17(12-6-14-22-20)10-4-9-16-7-2-1-3-8-16/h1-3,5-8,11-15H,4,9-10H2. The predicted octanol–water partition coefficient (Wildman–Crippen LogP) is 5.06. The number of hydrogen-bond donors (Lipinski definition) is 0. The van der Waals surface area contributed by atoms with Crippen molar-refractivity contribution in [3.05, 3.63) is 89.9 Å². The zero-order chi connectivity index (χ0) is 15.2. The Labute approximate surface area is 130 Å². The second-order valence-electron chi connectivity index (χ2n) is 5.36. The van der Waals surface area contributed by atoms with Crippen LogP contribution >= 0.6 is 0 Å². The molecule has 0 radical (unpaired) electrons. The SMILES string of the molecule is Fc1cccc(-c2ncccc2CCCc2ccccc2)c1. The van der Waals surface area contributed by atoms with E-state index in [2.05, 4.69) is 35.3 Å². The van der Waals surface area contributed by atoms with E-state index in [0.29, 0.717) is 0 Å². The van der Waals surface area contributed by atoms with Crippen LogP contribution in [0.5, 0.6) is 0 Å². The van der Waals surface area contributed by atoms with Crippen molar-refractivity contribution in [3.63, 3.8) is 0 Å². The highest BCUT2D eigenvalue weighted by atomic mass is 19.1. The van der Waals surface area contributed by atoms with Crippen molar-refractivity contribution in [2.45, 2.75) is 19.3 Å². The van der Waals surface area contributed by atoms with Gasteiger partial charge in [0.2, 0.25) is 0 Å². The Balaban J connectivity index is 1.74. The first-order valence-electron chi connectivity index (χ1n) is 7.57. The molecule has 3 aromatic rings. The fraction of sp³-hybridized carbons (Fsp3) is 0.150. The summed E-state index contributed by atoms with van der Waals surface area (Å²) in [5.74, 6) is -0.224. The summed E-state index contributed by atoms with van der Waals surface area (Å²) in [7, 11) is 0. The van der Waals surface area contributed by atoms with E-state index in [1.54, 1.807) is 18.3 Å². The summed E-state index contributed by atoms with van der Waals surface area (Å²) < 4.78 is 13.4. The van der Waals surface area contributed by atoms with Gasteiger partial charge >= 0.3 is 0 Å². The summed E-state index contributed by atoms with van der Waals surface area (Å²) >= 11 is 0. The van der Waals surface area contributed by atoms with Crippen molar-refractivity contribution in [2.75, 3.05) is 0 Å². The third-order valence-electron chi connectivity index (χ3n) is 3.74. The van der Waals surface area contributed by atoms with Crippen LogP contribution in [0.25, 0.3) is 11.3 Å². The lowest BCUT2D eigenvalue weighted by Gasteiger charge is -2.09. The molecule has 3 rings (SSSR count). The zero-order valence-electron chi connectivity index (χ0n) is 12.4. The van der Waals surface area contributed by atoms with Gasteiger partial charge in [0.05, 0.1) is 5.69 Å². The molecule has 0 spiro atoms. The van der Waals surface area contributed by atoms with Gasteiger partial charge in [0, 0.05) is 11.8 Å². The minimum absolute atomic E-state index is 0.224. The molecular formula is C20H18FN. The molecule has 0 saturated carbocycles. The maximum absolute atomic E-state index is 13.4. The van der Waals surface area contributed by atoms with Gasteiger partial charge in [0.25, 0.3) is 0 Å². The molecule has 0 amide bonds. The highest BCUT2D eigenvalue weighted by molar-refractivity contribution is 5.62. The van der Waals surface area contributed by atoms with E-state index >= 15 is 0 Å². The Morgan fingerprint density at radius 3 is 2.50 bits per heavy atom. The molecule has 0 atom stereocenters. The number of aromatic nitrogens is 1. The van der Waals surface area contributed by atoms with Crippen LogP contribution in [0.3, 0.4) is 0 Å². The van der Waals surface area contributed by atoms with Crippen LogP contribution in [0, 0.1) is 5.82 Å². The third kappa shape index (κ3) is 3.59. The first-order chi connectivity index (χ1) is 10.8. The summed E-state index contributed by atoms with van der Waals surface area (Å²) in [5, 5.41) is 0. The van der Waals surface area contributed by atoms with Gasteiger partial charge in [0.1, 0.15) is 5.82 Å². The molecule has 0 bridgehead atoms. The summed E-state index contributed by atoms with van der Waals surface area (Å²) in [6, 6.07) is 21.1. The van der Waals surface area contributed by atoms with Gasteiger partial charge in [0.15, 0.2) is 0 Å². The first kappa shape index (κ1) is 14.5.